The Balaban J connectivity index is 1.72. The molecule has 3 rings (SSSR count). The SMILES string of the molecule is COc1ccc(Cc2noc(C3CC3[N+](=O)[O-])n2)cc1OC. The summed E-state index contributed by atoms with van der Waals surface area (Å²) in [7, 11) is 3.14. The molecule has 1 heterocycles. The molecular formula is C14H15N3O5. The van der Waals surface area contributed by atoms with Crippen molar-refractivity contribution in [3.8, 4) is 11.5 Å². The molecule has 2 unspecified atom stereocenters. The van der Waals surface area contributed by atoms with Crippen molar-refractivity contribution in [2.45, 2.75) is 24.8 Å². The highest BCUT2D eigenvalue weighted by atomic mass is 16.6. The van der Waals surface area contributed by atoms with Crippen LogP contribution in [0.2, 0.25) is 0 Å². The van der Waals surface area contributed by atoms with Crippen molar-refractivity contribution in [3.63, 3.8) is 0 Å². The summed E-state index contributed by atoms with van der Waals surface area (Å²) < 4.78 is 15.5. The first kappa shape index (κ1) is 14.3. The quantitative estimate of drug-likeness (QED) is 0.592. The van der Waals surface area contributed by atoms with Crippen molar-refractivity contribution in [2.24, 2.45) is 0 Å². The minimum absolute atomic E-state index is 0.248. The third-order valence-corrected chi connectivity index (χ3v) is 3.64. The molecule has 1 aliphatic carbocycles. The molecule has 1 fully saturated rings. The number of aromatic nitrogens is 2. The molecule has 0 saturated heterocycles. The molecule has 1 aliphatic rings. The fraction of sp³-hybridized carbons (Fsp3) is 0.429. The Kier molecular flexibility index (Phi) is 3.66. The fourth-order valence-corrected chi connectivity index (χ4v) is 2.34. The highest BCUT2D eigenvalue weighted by Gasteiger charge is 2.53. The Labute approximate surface area is 126 Å². The molecule has 0 spiro atoms. The third-order valence-electron chi connectivity index (χ3n) is 3.64. The van der Waals surface area contributed by atoms with Crippen molar-refractivity contribution >= 4 is 0 Å². The van der Waals surface area contributed by atoms with E-state index in [4.69, 9.17) is 14.0 Å². The lowest BCUT2D eigenvalue weighted by Gasteiger charge is -2.08. The van der Waals surface area contributed by atoms with E-state index in [9.17, 15) is 10.1 Å². The summed E-state index contributed by atoms with van der Waals surface area (Å²) in [5.74, 6) is 1.86. The zero-order valence-corrected chi connectivity index (χ0v) is 12.2. The van der Waals surface area contributed by atoms with E-state index in [2.05, 4.69) is 10.1 Å². The lowest BCUT2D eigenvalue weighted by atomic mass is 10.1. The number of methoxy groups -OCH3 is 2. The van der Waals surface area contributed by atoms with Crippen molar-refractivity contribution in [1.29, 1.82) is 0 Å². The summed E-state index contributed by atoms with van der Waals surface area (Å²) in [6, 6.07) is 4.94. The van der Waals surface area contributed by atoms with Gasteiger partial charge >= 0.3 is 0 Å². The van der Waals surface area contributed by atoms with Gasteiger partial charge in [0.1, 0.15) is 5.92 Å². The predicted octanol–water partition coefficient (Wildman–Crippen LogP) is 1.81. The average Bonchev–Trinajstić information content (AvgIpc) is 3.20. The zero-order valence-electron chi connectivity index (χ0n) is 12.2. The molecular weight excluding hydrogens is 290 g/mol. The standard InChI is InChI=1S/C14H15N3O5/c1-20-11-4-3-8(5-12(11)21-2)6-13-15-14(22-16-13)9-7-10(9)17(18)19/h3-5,9-10H,6-7H2,1-2H3. The first-order valence-corrected chi connectivity index (χ1v) is 6.79. The second kappa shape index (κ2) is 5.63. The topological polar surface area (TPSA) is 101 Å². The zero-order chi connectivity index (χ0) is 15.7. The molecule has 22 heavy (non-hydrogen) atoms. The predicted molar refractivity (Wildman–Crippen MR) is 74.8 cm³/mol. The fourth-order valence-electron chi connectivity index (χ4n) is 2.34. The normalized spacial score (nSPS) is 19.7. The minimum atomic E-state index is -0.589. The Bertz CT molecular complexity index is 700. The number of rotatable bonds is 6. The maximum absolute atomic E-state index is 10.7. The lowest BCUT2D eigenvalue weighted by molar-refractivity contribution is -0.496. The van der Waals surface area contributed by atoms with E-state index in [1.807, 2.05) is 12.1 Å². The van der Waals surface area contributed by atoms with Gasteiger partial charge in [0, 0.05) is 17.8 Å². The van der Waals surface area contributed by atoms with Crippen LogP contribution in [0.3, 0.4) is 0 Å². The average molecular weight is 305 g/mol. The molecule has 1 aromatic carbocycles. The second-order valence-corrected chi connectivity index (χ2v) is 5.11. The molecule has 0 bridgehead atoms. The maximum Gasteiger partial charge on any atom is 0.236 e. The van der Waals surface area contributed by atoms with E-state index < -0.39 is 6.04 Å². The number of hydrogen-bond acceptors (Lipinski definition) is 7. The number of ether oxygens (including phenoxy) is 2. The number of nitro groups is 1. The molecule has 0 aliphatic heterocycles. The Morgan fingerprint density at radius 2 is 2.14 bits per heavy atom. The molecule has 0 N–H and O–H groups in total. The van der Waals surface area contributed by atoms with E-state index in [1.165, 1.54) is 0 Å². The number of benzene rings is 1. The van der Waals surface area contributed by atoms with Crippen LogP contribution in [0.15, 0.2) is 22.7 Å². The number of hydrogen-bond donors (Lipinski definition) is 0. The van der Waals surface area contributed by atoms with E-state index in [0.29, 0.717) is 36.1 Å². The largest absolute Gasteiger partial charge is 0.493 e. The number of nitrogens with zero attached hydrogens (tertiary/aromatic N) is 3. The summed E-state index contributed by atoms with van der Waals surface area (Å²) in [6.45, 7) is 0. The highest BCUT2D eigenvalue weighted by molar-refractivity contribution is 5.43. The van der Waals surface area contributed by atoms with Gasteiger partial charge in [-0.2, -0.15) is 4.98 Å². The van der Waals surface area contributed by atoms with Crippen LogP contribution in [0, 0.1) is 10.1 Å². The molecule has 0 radical (unpaired) electrons. The van der Waals surface area contributed by atoms with Gasteiger partial charge in [-0.3, -0.25) is 10.1 Å². The van der Waals surface area contributed by atoms with Gasteiger partial charge in [-0.1, -0.05) is 11.2 Å². The first-order chi connectivity index (χ1) is 10.6. The molecule has 116 valence electrons. The van der Waals surface area contributed by atoms with Crippen molar-refractivity contribution < 1.29 is 18.9 Å². The van der Waals surface area contributed by atoms with Crippen LogP contribution in [0.25, 0.3) is 0 Å². The van der Waals surface area contributed by atoms with Gasteiger partial charge in [-0.15, -0.1) is 0 Å². The molecule has 1 saturated carbocycles. The van der Waals surface area contributed by atoms with E-state index in [-0.39, 0.29) is 10.8 Å². The van der Waals surface area contributed by atoms with Gasteiger partial charge in [-0.25, -0.2) is 0 Å². The second-order valence-electron chi connectivity index (χ2n) is 5.11. The molecule has 2 atom stereocenters. The van der Waals surface area contributed by atoms with Crippen LogP contribution < -0.4 is 9.47 Å². The molecule has 1 aromatic heterocycles. The van der Waals surface area contributed by atoms with Crippen LogP contribution in [0.4, 0.5) is 0 Å². The highest BCUT2D eigenvalue weighted by Crippen LogP contribution is 2.41. The van der Waals surface area contributed by atoms with Gasteiger partial charge in [0.15, 0.2) is 17.3 Å². The summed E-state index contributed by atoms with van der Waals surface area (Å²) in [5.41, 5.74) is 0.937. The summed E-state index contributed by atoms with van der Waals surface area (Å²) in [4.78, 5) is 14.6. The van der Waals surface area contributed by atoms with E-state index in [0.717, 1.165) is 5.56 Å². The van der Waals surface area contributed by atoms with Crippen molar-refractivity contribution in [3.05, 3.63) is 45.6 Å². The Morgan fingerprint density at radius 3 is 2.77 bits per heavy atom. The van der Waals surface area contributed by atoms with Crippen LogP contribution >= 0.6 is 0 Å². The van der Waals surface area contributed by atoms with Gasteiger partial charge in [-0.05, 0) is 17.7 Å². The van der Waals surface area contributed by atoms with Crippen molar-refractivity contribution in [2.75, 3.05) is 14.2 Å². The minimum Gasteiger partial charge on any atom is -0.493 e. The van der Waals surface area contributed by atoms with Gasteiger partial charge in [0.05, 0.1) is 14.2 Å². The maximum atomic E-state index is 10.7. The summed E-state index contributed by atoms with van der Waals surface area (Å²) in [6.07, 6.45) is 0.921. The van der Waals surface area contributed by atoms with Crippen molar-refractivity contribution in [1.82, 2.24) is 10.1 Å². The third kappa shape index (κ3) is 2.72. The first-order valence-electron chi connectivity index (χ1n) is 6.79. The van der Waals surface area contributed by atoms with Crippen LogP contribution in [-0.4, -0.2) is 35.3 Å². The van der Waals surface area contributed by atoms with Gasteiger partial charge < -0.3 is 14.0 Å². The monoisotopic (exact) mass is 305 g/mol. The van der Waals surface area contributed by atoms with E-state index in [1.54, 1.807) is 20.3 Å². The van der Waals surface area contributed by atoms with E-state index >= 15 is 0 Å². The Morgan fingerprint density at radius 1 is 1.36 bits per heavy atom. The summed E-state index contributed by atoms with van der Waals surface area (Å²) in [5, 5.41) is 14.5. The van der Waals surface area contributed by atoms with Crippen LogP contribution in [-0.2, 0) is 6.42 Å². The molecule has 2 aromatic rings. The molecule has 8 heteroatoms. The molecule has 0 amide bonds. The van der Waals surface area contributed by atoms with Crippen LogP contribution in [0.5, 0.6) is 11.5 Å². The summed E-state index contributed by atoms with van der Waals surface area (Å²) >= 11 is 0. The molecule has 8 nitrogen and oxygen atoms in total. The van der Waals surface area contributed by atoms with Crippen LogP contribution in [0.1, 0.15) is 29.6 Å². The van der Waals surface area contributed by atoms with Gasteiger partial charge in [0.25, 0.3) is 0 Å². The Hall–Kier alpha value is -2.64. The van der Waals surface area contributed by atoms with Gasteiger partial charge in [0.2, 0.25) is 11.9 Å². The lowest BCUT2D eigenvalue weighted by Crippen LogP contribution is -2.03. The smallest absolute Gasteiger partial charge is 0.236 e.